The predicted molar refractivity (Wildman–Crippen MR) is 55.2 cm³/mol. The smallest absolute Gasteiger partial charge is 0.286 e. The van der Waals surface area contributed by atoms with Crippen molar-refractivity contribution in [1.29, 1.82) is 0 Å². The van der Waals surface area contributed by atoms with Crippen molar-refractivity contribution < 1.29 is 9.15 Å². The van der Waals surface area contributed by atoms with E-state index in [0.717, 1.165) is 11.8 Å². The predicted octanol–water partition coefficient (Wildman–Crippen LogP) is 1.71. The van der Waals surface area contributed by atoms with Crippen molar-refractivity contribution in [1.82, 2.24) is 4.98 Å². The van der Waals surface area contributed by atoms with Gasteiger partial charge in [-0.25, -0.2) is 0 Å². The van der Waals surface area contributed by atoms with Gasteiger partial charge in [0.1, 0.15) is 5.82 Å². The summed E-state index contributed by atoms with van der Waals surface area (Å²) >= 11 is 0. The standard InChI is InChI=1S/C9H13N3O2/c1-2-3-13-6-4-5-7(10)8(11)12-9(5)14-6/h4,12H,2-3,10-11H2,1H3. The van der Waals surface area contributed by atoms with Gasteiger partial charge in [-0.15, -0.1) is 0 Å². The van der Waals surface area contributed by atoms with Gasteiger partial charge in [0.15, 0.2) is 0 Å². The van der Waals surface area contributed by atoms with Gasteiger partial charge in [0.05, 0.1) is 17.7 Å². The molecule has 0 saturated heterocycles. The quantitative estimate of drug-likeness (QED) is 0.695. The number of nitrogens with two attached hydrogens (primary N) is 2. The van der Waals surface area contributed by atoms with Crippen LogP contribution in [-0.4, -0.2) is 11.6 Å². The van der Waals surface area contributed by atoms with Gasteiger partial charge in [0.25, 0.3) is 5.95 Å². The number of anilines is 2. The Morgan fingerprint density at radius 1 is 1.50 bits per heavy atom. The number of ether oxygens (including phenoxy) is 1. The van der Waals surface area contributed by atoms with E-state index in [1.165, 1.54) is 0 Å². The summed E-state index contributed by atoms with van der Waals surface area (Å²) < 4.78 is 10.6. The first-order valence-electron chi connectivity index (χ1n) is 4.51. The molecule has 0 unspecified atom stereocenters. The number of hydrogen-bond acceptors (Lipinski definition) is 4. The fourth-order valence-electron chi connectivity index (χ4n) is 1.27. The first-order chi connectivity index (χ1) is 6.72. The zero-order valence-corrected chi connectivity index (χ0v) is 7.96. The summed E-state index contributed by atoms with van der Waals surface area (Å²) in [7, 11) is 0. The van der Waals surface area contributed by atoms with Crippen LogP contribution < -0.4 is 16.2 Å². The highest BCUT2D eigenvalue weighted by Gasteiger charge is 2.12. The van der Waals surface area contributed by atoms with Crippen LogP contribution in [0.1, 0.15) is 13.3 Å². The summed E-state index contributed by atoms with van der Waals surface area (Å²) in [5.41, 5.74) is 12.3. The molecule has 2 heterocycles. The average molecular weight is 195 g/mol. The minimum absolute atomic E-state index is 0.431. The first kappa shape index (κ1) is 8.80. The monoisotopic (exact) mass is 195 g/mol. The fourth-order valence-corrected chi connectivity index (χ4v) is 1.27. The number of furan rings is 1. The van der Waals surface area contributed by atoms with Crippen LogP contribution in [0, 0.1) is 0 Å². The molecule has 14 heavy (non-hydrogen) atoms. The number of aromatic nitrogens is 1. The summed E-state index contributed by atoms with van der Waals surface area (Å²) in [6.07, 6.45) is 0.937. The van der Waals surface area contributed by atoms with Crippen molar-refractivity contribution in [3.05, 3.63) is 6.07 Å². The molecule has 2 aromatic heterocycles. The number of rotatable bonds is 3. The Bertz CT molecular complexity index is 444. The highest BCUT2D eigenvalue weighted by molar-refractivity contribution is 5.95. The van der Waals surface area contributed by atoms with E-state index in [-0.39, 0.29) is 0 Å². The second kappa shape index (κ2) is 3.17. The molecular formula is C9H13N3O2. The van der Waals surface area contributed by atoms with Gasteiger partial charge in [0.2, 0.25) is 5.71 Å². The molecule has 0 fully saturated rings. The zero-order chi connectivity index (χ0) is 10.1. The van der Waals surface area contributed by atoms with Crippen molar-refractivity contribution in [2.24, 2.45) is 0 Å². The Kier molecular flexibility index (Phi) is 1.99. The maximum atomic E-state index is 5.71. The summed E-state index contributed by atoms with van der Waals surface area (Å²) in [4.78, 5) is 2.83. The van der Waals surface area contributed by atoms with E-state index in [2.05, 4.69) is 4.98 Å². The van der Waals surface area contributed by atoms with Crippen molar-refractivity contribution in [2.75, 3.05) is 18.1 Å². The maximum Gasteiger partial charge on any atom is 0.286 e. The minimum Gasteiger partial charge on any atom is -0.465 e. The van der Waals surface area contributed by atoms with Crippen LogP contribution in [0.3, 0.4) is 0 Å². The topological polar surface area (TPSA) is 90.2 Å². The van der Waals surface area contributed by atoms with E-state index >= 15 is 0 Å². The third-order valence-electron chi connectivity index (χ3n) is 1.99. The maximum absolute atomic E-state index is 5.71. The molecule has 76 valence electrons. The van der Waals surface area contributed by atoms with Gasteiger partial charge >= 0.3 is 0 Å². The molecule has 0 saturated carbocycles. The van der Waals surface area contributed by atoms with Gasteiger partial charge in [-0.3, -0.25) is 0 Å². The van der Waals surface area contributed by atoms with Gasteiger partial charge in [0, 0.05) is 6.07 Å². The van der Waals surface area contributed by atoms with E-state index in [0.29, 0.717) is 29.8 Å². The van der Waals surface area contributed by atoms with Gasteiger partial charge in [-0.2, -0.15) is 0 Å². The van der Waals surface area contributed by atoms with Crippen LogP contribution in [0.15, 0.2) is 10.5 Å². The van der Waals surface area contributed by atoms with Crippen LogP contribution >= 0.6 is 0 Å². The first-order valence-corrected chi connectivity index (χ1v) is 4.51. The molecule has 0 radical (unpaired) electrons. The van der Waals surface area contributed by atoms with Crippen molar-refractivity contribution in [3.8, 4) is 5.95 Å². The van der Waals surface area contributed by atoms with Crippen LogP contribution in [0.25, 0.3) is 11.1 Å². The second-order valence-electron chi connectivity index (χ2n) is 3.11. The number of nitrogen functional groups attached to an aromatic ring is 2. The zero-order valence-electron chi connectivity index (χ0n) is 7.96. The van der Waals surface area contributed by atoms with Crippen molar-refractivity contribution in [3.63, 3.8) is 0 Å². The highest BCUT2D eigenvalue weighted by atomic mass is 16.6. The molecule has 0 aromatic carbocycles. The van der Waals surface area contributed by atoms with Crippen LogP contribution in [0.4, 0.5) is 11.5 Å². The van der Waals surface area contributed by atoms with Crippen molar-refractivity contribution in [2.45, 2.75) is 13.3 Å². The molecule has 2 aromatic rings. The molecule has 0 amide bonds. The van der Waals surface area contributed by atoms with Crippen LogP contribution in [-0.2, 0) is 0 Å². The Morgan fingerprint density at radius 3 is 2.93 bits per heavy atom. The molecule has 5 nitrogen and oxygen atoms in total. The van der Waals surface area contributed by atoms with Crippen molar-refractivity contribution >= 4 is 22.6 Å². The summed E-state index contributed by atoms with van der Waals surface area (Å²) in [5.74, 6) is 0.903. The number of hydrogen-bond donors (Lipinski definition) is 3. The molecule has 0 atom stereocenters. The van der Waals surface area contributed by atoms with E-state index in [4.69, 9.17) is 20.6 Å². The molecule has 0 bridgehead atoms. The SMILES string of the molecule is CCCOc1cc2c(N)c(N)[nH]c2o1. The average Bonchev–Trinajstić information content (AvgIpc) is 2.66. The molecule has 0 aliphatic carbocycles. The molecule has 0 aliphatic rings. The molecular weight excluding hydrogens is 182 g/mol. The second-order valence-corrected chi connectivity index (χ2v) is 3.11. The van der Waals surface area contributed by atoms with E-state index < -0.39 is 0 Å². The van der Waals surface area contributed by atoms with E-state index in [1.54, 1.807) is 6.07 Å². The number of nitrogens with one attached hydrogen (secondary N) is 1. The summed E-state index contributed by atoms with van der Waals surface area (Å²) in [5, 5.41) is 0.772. The normalized spacial score (nSPS) is 10.9. The van der Waals surface area contributed by atoms with Gasteiger partial charge in [-0.05, 0) is 6.42 Å². The number of H-pyrrole nitrogens is 1. The Hall–Kier alpha value is -1.78. The Labute approximate surface area is 81.0 Å². The lowest BCUT2D eigenvalue weighted by Gasteiger charge is -1.97. The summed E-state index contributed by atoms with van der Waals surface area (Å²) in [6.45, 7) is 2.66. The number of aromatic amines is 1. The number of fused-ring (bicyclic) bond motifs is 1. The molecule has 5 N–H and O–H groups in total. The van der Waals surface area contributed by atoms with Crippen LogP contribution in [0.5, 0.6) is 5.95 Å². The highest BCUT2D eigenvalue weighted by Crippen LogP contribution is 2.32. The molecule has 2 rings (SSSR count). The largest absolute Gasteiger partial charge is 0.465 e. The Balaban J connectivity index is 2.34. The molecule has 5 heteroatoms. The van der Waals surface area contributed by atoms with Gasteiger partial charge in [-0.1, -0.05) is 6.92 Å². The van der Waals surface area contributed by atoms with E-state index in [9.17, 15) is 0 Å². The third kappa shape index (κ3) is 1.26. The lowest BCUT2D eigenvalue weighted by molar-refractivity contribution is 0.249. The fraction of sp³-hybridized carbons (Fsp3) is 0.333. The Morgan fingerprint density at radius 2 is 2.29 bits per heavy atom. The third-order valence-corrected chi connectivity index (χ3v) is 1.99. The summed E-state index contributed by atoms with van der Waals surface area (Å²) in [6, 6.07) is 1.74. The molecule has 0 aliphatic heterocycles. The lowest BCUT2D eigenvalue weighted by Crippen LogP contribution is -1.93. The van der Waals surface area contributed by atoms with Crippen LogP contribution in [0.2, 0.25) is 0 Å². The molecule has 0 spiro atoms. The minimum atomic E-state index is 0.431. The van der Waals surface area contributed by atoms with E-state index in [1.807, 2.05) is 6.92 Å². The van der Waals surface area contributed by atoms with Gasteiger partial charge < -0.3 is 25.6 Å². The lowest BCUT2D eigenvalue weighted by atomic mass is 10.3.